The minimum atomic E-state index is -1.18. The van der Waals surface area contributed by atoms with Crippen molar-refractivity contribution < 1.29 is 24.2 Å². The molecule has 0 aromatic carbocycles. The van der Waals surface area contributed by atoms with E-state index in [1.165, 1.54) is 75.5 Å². The highest BCUT2D eigenvalue weighted by Gasteiger charge is 2.54. The van der Waals surface area contributed by atoms with Gasteiger partial charge in [-0.1, -0.05) is 111 Å². The molecule has 2 N–H and O–H groups in total. The number of azide groups is 1. The van der Waals surface area contributed by atoms with Gasteiger partial charge in [-0.25, -0.2) is 4.79 Å². The summed E-state index contributed by atoms with van der Waals surface area (Å²) in [6.07, 6.45) is 15.4. The van der Waals surface area contributed by atoms with Gasteiger partial charge in [0.1, 0.15) is 10.6 Å². The maximum atomic E-state index is 12.8. The number of aliphatic hydroxyl groups excluding tert-OH is 1. The van der Waals surface area contributed by atoms with Crippen LogP contribution in [-0.4, -0.2) is 64.1 Å². The number of hydrogen-bond donors (Lipinski definition) is 2. The van der Waals surface area contributed by atoms with Gasteiger partial charge < -0.3 is 14.6 Å². The first-order chi connectivity index (χ1) is 17.9. The first-order valence-electron chi connectivity index (χ1n) is 14.1. The van der Waals surface area contributed by atoms with E-state index in [1.807, 2.05) is 0 Å². The molecule has 2 heterocycles. The molecule has 0 radical (unpaired) electrons. The van der Waals surface area contributed by atoms with Gasteiger partial charge in [0.15, 0.2) is 6.23 Å². The van der Waals surface area contributed by atoms with E-state index in [1.54, 1.807) is 6.92 Å². The number of rotatable bonds is 19. The van der Waals surface area contributed by atoms with Crippen molar-refractivity contribution >= 4 is 27.9 Å². The van der Waals surface area contributed by atoms with Gasteiger partial charge in [-0.3, -0.25) is 15.0 Å². The number of aliphatic hydroxyl groups is 1. The Morgan fingerprint density at radius 2 is 1.62 bits per heavy atom. The van der Waals surface area contributed by atoms with Crippen molar-refractivity contribution in [3.05, 3.63) is 10.4 Å². The Morgan fingerprint density at radius 1 is 1.08 bits per heavy atom. The van der Waals surface area contributed by atoms with E-state index in [2.05, 4.69) is 38.2 Å². The summed E-state index contributed by atoms with van der Waals surface area (Å²) in [7, 11) is 0. The lowest BCUT2D eigenvalue weighted by Gasteiger charge is -2.45. The molecule has 2 aliphatic rings. The zero-order valence-electron chi connectivity index (χ0n) is 22.6. The Labute approximate surface area is 230 Å². The topological polar surface area (TPSA) is 137 Å². The van der Waals surface area contributed by atoms with Crippen LogP contribution in [-0.2, 0) is 14.3 Å². The lowest BCUT2D eigenvalue weighted by Crippen LogP contribution is -2.69. The Balaban J connectivity index is 1.71. The van der Waals surface area contributed by atoms with Crippen molar-refractivity contribution in [2.24, 2.45) is 5.11 Å². The largest absolute Gasteiger partial charge is 0.394 e. The Hall–Kier alpha value is -1.39. The highest BCUT2D eigenvalue weighted by atomic mass is 79.9. The number of unbranched alkanes of at least 4 members (excludes halogenated alkanes) is 13. The van der Waals surface area contributed by atoms with Crippen LogP contribution in [0.25, 0.3) is 10.4 Å². The van der Waals surface area contributed by atoms with Crippen molar-refractivity contribution in [3.63, 3.8) is 0 Å². The Bertz CT molecular complexity index is 749. The lowest BCUT2D eigenvalue weighted by atomic mass is 10.0. The van der Waals surface area contributed by atoms with Crippen molar-refractivity contribution in [1.29, 1.82) is 0 Å². The summed E-state index contributed by atoms with van der Waals surface area (Å²) in [6, 6.07) is -1.24. The minimum Gasteiger partial charge on any atom is -0.394 e. The number of halogens is 1. The quantitative estimate of drug-likeness (QED) is 0.0600. The highest BCUT2D eigenvalue weighted by Crippen LogP contribution is 2.36. The average molecular weight is 589 g/mol. The highest BCUT2D eigenvalue weighted by molar-refractivity contribution is 9.10. The minimum absolute atomic E-state index is 0.207. The van der Waals surface area contributed by atoms with Gasteiger partial charge in [0.05, 0.1) is 18.8 Å². The molecule has 212 valence electrons. The van der Waals surface area contributed by atoms with Gasteiger partial charge in [-0.2, -0.15) is 0 Å². The zero-order chi connectivity index (χ0) is 27.1. The number of hydrogen-bond acceptors (Lipinski definition) is 6. The molecule has 0 aromatic rings. The van der Waals surface area contributed by atoms with Crippen molar-refractivity contribution in [3.8, 4) is 0 Å². The zero-order valence-corrected chi connectivity index (χ0v) is 24.2. The van der Waals surface area contributed by atoms with Gasteiger partial charge in [-0.05, 0) is 18.9 Å². The van der Waals surface area contributed by atoms with Crippen LogP contribution in [0.3, 0.4) is 0 Å². The van der Waals surface area contributed by atoms with Crippen molar-refractivity contribution in [2.45, 2.75) is 139 Å². The third-order valence-corrected chi connectivity index (χ3v) is 8.04. The van der Waals surface area contributed by atoms with Gasteiger partial charge in [0.25, 0.3) is 0 Å². The number of imide groups is 1. The molecule has 11 heteroatoms. The number of carbonyl (C=O) groups is 2. The standard InChI is InChI=1S/C26H46BrN5O5/c1-3-4-5-6-7-8-9-10-11-12-13-14-15-16-17-36-24-26(2,27)23(34)29-25(35)32(24)22-18-20(30-31-28)21(19-33)37-22/h20-22,24,33H,3-19H2,1-2H3,(H,29,34,35). The summed E-state index contributed by atoms with van der Waals surface area (Å²) in [5, 5.41) is 15.6. The van der Waals surface area contributed by atoms with E-state index in [9.17, 15) is 14.7 Å². The van der Waals surface area contributed by atoms with Crippen LogP contribution >= 0.6 is 15.9 Å². The van der Waals surface area contributed by atoms with Crippen LogP contribution in [0.5, 0.6) is 0 Å². The summed E-state index contributed by atoms with van der Waals surface area (Å²) in [5.41, 5.74) is 8.81. The van der Waals surface area contributed by atoms with Crippen LogP contribution in [0.2, 0.25) is 0 Å². The van der Waals surface area contributed by atoms with Gasteiger partial charge in [-0.15, -0.1) is 0 Å². The van der Waals surface area contributed by atoms with E-state index in [-0.39, 0.29) is 13.0 Å². The second kappa shape index (κ2) is 17.2. The number of carbonyl (C=O) groups excluding carboxylic acids is 2. The molecule has 0 aromatic heterocycles. The van der Waals surface area contributed by atoms with E-state index >= 15 is 0 Å². The number of amides is 3. The fraction of sp³-hybridized carbons (Fsp3) is 0.923. The Kier molecular flexibility index (Phi) is 14.8. The van der Waals surface area contributed by atoms with E-state index in [0.717, 1.165) is 19.3 Å². The molecule has 5 atom stereocenters. The predicted octanol–water partition coefficient (Wildman–Crippen LogP) is 6.30. The first kappa shape index (κ1) is 31.8. The molecule has 0 bridgehead atoms. The Morgan fingerprint density at radius 3 is 2.14 bits per heavy atom. The third-order valence-electron chi connectivity index (χ3n) is 7.28. The van der Waals surface area contributed by atoms with Gasteiger partial charge in [0, 0.05) is 17.9 Å². The summed E-state index contributed by atoms with van der Waals surface area (Å²) < 4.78 is 10.7. The van der Waals surface area contributed by atoms with Crippen LogP contribution < -0.4 is 5.32 Å². The number of urea groups is 1. The molecule has 3 amide bonds. The monoisotopic (exact) mass is 587 g/mol. The number of nitrogens with zero attached hydrogens (tertiary/aromatic N) is 4. The molecule has 0 saturated carbocycles. The summed E-state index contributed by atoms with van der Waals surface area (Å²) >= 11 is 3.44. The third kappa shape index (κ3) is 10.0. The molecular weight excluding hydrogens is 542 g/mol. The SMILES string of the molecule is CCCCCCCCCCCCCCCCOC1N(C2CC(N=[N+]=[N-])C(CO)O2)C(=O)NC(=O)C1(C)Br. The fourth-order valence-corrected chi connectivity index (χ4v) is 5.46. The van der Waals surface area contributed by atoms with Crippen molar-refractivity contribution in [2.75, 3.05) is 13.2 Å². The molecule has 0 spiro atoms. The average Bonchev–Trinajstić information content (AvgIpc) is 3.27. The fourth-order valence-electron chi connectivity index (χ4n) is 5.01. The molecule has 2 saturated heterocycles. The van der Waals surface area contributed by atoms with Crippen LogP contribution in [0.4, 0.5) is 4.79 Å². The summed E-state index contributed by atoms with van der Waals surface area (Å²) in [6.45, 7) is 3.96. The number of nitrogens with one attached hydrogen (secondary N) is 1. The van der Waals surface area contributed by atoms with Crippen LogP contribution in [0, 0.1) is 0 Å². The molecule has 0 aliphatic carbocycles. The maximum Gasteiger partial charge on any atom is 0.328 e. The molecule has 2 fully saturated rings. The van der Waals surface area contributed by atoms with Gasteiger partial charge in [0.2, 0.25) is 5.91 Å². The number of alkyl halides is 1. The molecule has 5 unspecified atom stereocenters. The maximum absolute atomic E-state index is 12.8. The molecule has 2 aliphatic heterocycles. The molecule has 2 rings (SSSR count). The summed E-state index contributed by atoms with van der Waals surface area (Å²) in [5.74, 6) is -0.483. The number of ether oxygens (including phenoxy) is 2. The normalized spacial score (nSPS) is 27.8. The molecular formula is C26H46BrN5O5. The molecule has 37 heavy (non-hydrogen) atoms. The van der Waals surface area contributed by atoms with E-state index in [0.29, 0.717) is 6.61 Å². The van der Waals surface area contributed by atoms with E-state index in [4.69, 9.17) is 15.0 Å². The van der Waals surface area contributed by atoms with Crippen LogP contribution in [0.15, 0.2) is 5.11 Å². The smallest absolute Gasteiger partial charge is 0.328 e. The predicted molar refractivity (Wildman–Crippen MR) is 146 cm³/mol. The van der Waals surface area contributed by atoms with Crippen LogP contribution in [0.1, 0.15) is 110 Å². The molecule has 10 nitrogen and oxygen atoms in total. The van der Waals surface area contributed by atoms with Crippen molar-refractivity contribution in [1.82, 2.24) is 10.2 Å². The second-order valence-corrected chi connectivity index (χ2v) is 12.0. The first-order valence-corrected chi connectivity index (χ1v) is 14.9. The van der Waals surface area contributed by atoms with E-state index < -0.39 is 40.9 Å². The van der Waals surface area contributed by atoms with Gasteiger partial charge >= 0.3 is 6.03 Å². The second-order valence-electron chi connectivity index (χ2n) is 10.4. The summed E-state index contributed by atoms with van der Waals surface area (Å²) in [4.78, 5) is 29.4. The lowest BCUT2D eigenvalue weighted by molar-refractivity contribution is -0.159.